The van der Waals surface area contributed by atoms with Crippen molar-refractivity contribution in [1.82, 2.24) is 10.2 Å². The lowest BCUT2D eigenvalue weighted by Crippen LogP contribution is -2.59. The van der Waals surface area contributed by atoms with Gasteiger partial charge in [-0.25, -0.2) is 0 Å². The van der Waals surface area contributed by atoms with Crippen molar-refractivity contribution >= 4 is 29.1 Å². The third-order valence-corrected chi connectivity index (χ3v) is 4.06. The van der Waals surface area contributed by atoms with Crippen LogP contribution < -0.4 is 5.32 Å². The summed E-state index contributed by atoms with van der Waals surface area (Å²) in [5.74, 6) is 0.159. The molecular formula is C14H18Cl2N2O. The minimum atomic E-state index is 0.159. The summed E-state index contributed by atoms with van der Waals surface area (Å²) < 4.78 is 0. The average molecular weight is 301 g/mol. The van der Waals surface area contributed by atoms with Crippen molar-refractivity contribution in [1.29, 1.82) is 0 Å². The van der Waals surface area contributed by atoms with Crippen LogP contribution in [0.3, 0.4) is 0 Å². The van der Waals surface area contributed by atoms with Crippen molar-refractivity contribution in [3.63, 3.8) is 0 Å². The number of hydrogen-bond acceptors (Lipinski definition) is 2. The molecule has 0 bridgehead atoms. The lowest BCUT2D eigenvalue weighted by Gasteiger charge is -2.38. The SMILES string of the molecule is CCCN(C(=O)Cc1ccc(Cl)c(Cl)c1)C1CNC1. The van der Waals surface area contributed by atoms with Gasteiger partial charge in [0.05, 0.1) is 22.5 Å². The first kappa shape index (κ1) is 14.6. The van der Waals surface area contributed by atoms with Crippen molar-refractivity contribution in [2.24, 2.45) is 0 Å². The molecule has 1 N–H and O–H groups in total. The predicted octanol–water partition coefficient (Wildman–Crippen LogP) is 2.75. The Morgan fingerprint density at radius 3 is 2.63 bits per heavy atom. The van der Waals surface area contributed by atoms with Gasteiger partial charge in [0.15, 0.2) is 0 Å². The third-order valence-electron chi connectivity index (χ3n) is 3.32. The molecule has 5 heteroatoms. The highest BCUT2D eigenvalue weighted by molar-refractivity contribution is 6.42. The number of hydrogen-bond donors (Lipinski definition) is 1. The zero-order valence-corrected chi connectivity index (χ0v) is 12.5. The third kappa shape index (κ3) is 3.62. The van der Waals surface area contributed by atoms with Gasteiger partial charge >= 0.3 is 0 Å². The van der Waals surface area contributed by atoms with Crippen LogP contribution in [0, 0.1) is 0 Å². The number of halogens is 2. The van der Waals surface area contributed by atoms with Gasteiger partial charge in [-0.3, -0.25) is 4.79 Å². The van der Waals surface area contributed by atoms with Gasteiger partial charge in [-0.05, 0) is 24.1 Å². The fourth-order valence-corrected chi connectivity index (χ4v) is 2.49. The predicted molar refractivity (Wildman–Crippen MR) is 78.8 cm³/mol. The number of carbonyl (C=O) groups is 1. The molecule has 1 fully saturated rings. The van der Waals surface area contributed by atoms with E-state index in [0.29, 0.717) is 22.5 Å². The standard InChI is InChI=1S/C14H18Cl2N2O/c1-2-5-18(11-8-17-9-11)14(19)7-10-3-4-12(15)13(16)6-10/h3-4,6,11,17H,2,5,7-9H2,1H3. The zero-order valence-electron chi connectivity index (χ0n) is 11.0. The Balaban J connectivity index is 2.03. The Hall–Kier alpha value is -0.770. The summed E-state index contributed by atoms with van der Waals surface area (Å²) in [6, 6.07) is 5.71. The van der Waals surface area contributed by atoms with E-state index in [0.717, 1.165) is 31.6 Å². The second kappa shape index (κ2) is 6.60. The second-order valence-corrected chi connectivity index (χ2v) is 5.64. The molecule has 104 valence electrons. The maximum absolute atomic E-state index is 12.4. The first-order chi connectivity index (χ1) is 9.11. The molecule has 1 saturated heterocycles. The Bertz CT molecular complexity index is 461. The maximum atomic E-state index is 12.4. The molecule has 0 aromatic heterocycles. The van der Waals surface area contributed by atoms with Crippen LogP contribution in [0.5, 0.6) is 0 Å². The molecule has 1 aromatic rings. The maximum Gasteiger partial charge on any atom is 0.227 e. The van der Waals surface area contributed by atoms with Gasteiger partial charge in [-0.1, -0.05) is 36.2 Å². The molecule has 0 radical (unpaired) electrons. The molecule has 1 amide bonds. The summed E-state index contributed by atoms with van der Waals surface area (Å²) in [5.41, 5.74) is 0.910. The number of nitrogens with one attached hydrogen (secondary N) is 1. The lowest BCUT2D eigenvalue weighted by molar-refractivity contribution is -0.133. The van der Waals surface area contributed by atoms with Gasteiger partial charge in [0.2, 0.25) is 5.91 Å². The molecule has 0 unspecified atom stereocenters. The summed E-state index contributed by atoms with van der Waals surface area (Å²) in [6.45, 7) is 4.69. The Morgan fingerprint density at radius 1 is 1.37 bits per heavy atom. The van der Waals surface area contributed by atoms with Crippen LogP contribution in [0.1, 0.15) is 18.9 Å². The van der Waals surface area contributed by atoms with E-state index in [1.165, 1.54) is 0 Å². The molecule has 0 saturated carbocycles. The molecule has 2 rings (SSSR count). The van der Waals surface area contributed by atoms with Crippen molar-refractivity contribution in [2.75, 3.05) is 19.6 Å². The monoisotopic (exact) mass is 300 g/mol. The quantitative estimate of drug-likeness (QED) is 0.907. The Kier molecular flexibility index (Phi) is 5.08. The Morgan fingerprint density at radius 2 is 2.11 bits per heavy atom. The second-order valence-electron chi connectivity index (χ2n) is 4.82. The topological polar surface area (TPSA) is 32.3 Å². The molecule has 19 heavy (non-hydrogen) atoms. The Labute approximate surface area is 123 Å². The number of amides is 1. The van der Waals surface area contributed by atoms with Crippen LogP contribution in [-0.4, -0.2) is 36.5 Å². The average Bonchev–Trinajstić information content (AvgIpc) is 2.31. The summed E-state index contributed by atoms with van der Waals surface area (Å²) >= 11 is 11.8. The van der Waals surface area contributed by atoms with E-state index < -0.39 is 0 Å². The smallest absolute Gasteiger partial charge is 0.227 e. The van der Waals surface area contributed by atoms with Gasteiger partial charge in [-0.2, -0.15) is 0 Å². The van der Waals surface area contributed by atoms with Crippen molar-refractivity contribution in [2.45, 2.75) is 25.8 Å². The number of rotatable bonds is 5. The summed E-state index contributed by atoms with van der Waals surface area (Å²) in [5, 5.41) is 4.22. The van der Waals surface area contributed by atoms with Crippen LogP contribution >= 0.6 is 23.2 Å². The van der Waals surface area contributed by atoms with E-state index in [1.54, 1.807) is 12.1 Å². The van der Waals surface area contributed by atoms with Crippen molar-refractivity contribution in [3.05, 3.63) is 33.8 Å². The highest BCUT2D eigenvalue weighted by Crippen LogP contribution is 2.23. The van der Waals surface area contributed by atoms with Crippen molar-refractivity contribution in [3.8, 4) is 0 Å². The van der Waals surface area contributed by atoms with Crippen LogP contribution in [0.15, 0.2) is 18.2 Å². The summed E-state index contributed by atoms with van der Waals surface area (Å²) in [4.78, 5) is 14.3. The van der Waals surface area contributed by atoms with Crippen LogP contribution in [0.4, 0.5) is 0 Å². The van der Waals surface area contributed by atoms with Gasteiger partial charge in [0, 0.05) is 19.6 Å². The van der Waals surface area contributed by atoms with E-state index in [1.807, 2.05) is 11.0 Å². The first-order valence-electron chi connectivity index (χ1n) is 6.56. The minimum absolute atomic E-state index is 0.159. The van der Waals surface area contributed by atoms with Gasteiger partial charge in [-0.15, -0.1) is 0 Å². The highest BCUT2D eigenvalue weighted by Gasteiger charge is 2.27. The van der Waals surface area contributed by atoms with Crippen LogP contribution in [-0.2, 0) is 11.2 Å². The molecule has 0 atom stereocenters. The molecule has 0 aliphatic carbocycles. The molecule has 1 aliphatic rings. The first-order valence-corrected chi connectivity index (χ1v) is 7.31. The van der Waals surface area contributed by atoms with E-state index in [-0.39, 0.29) is 5.91 Å². The normalized spacial score (nSPS) is 15.1. The number of carbonyl (C=O) groups excluding carboxylic acids is 1. The molecule has 1 aromatic carbocycles. The van der Waals surface area contributed by atoms with E-state index in [4.69, 9.17) is 23.2 Å². The highest BCUT2D eigenvalue weighted by atomic mass is 35.5. The number of benzene rings is 1. The fourth-order valence-electron chi connectivity index (χ4n) is 2.17. The minimum Gasteiger partial charge on any atom is -0.337 e. The van der Waals surface area contributed by atoms with E-state index >= 15 is 0 Å². The molecular weight excluding hydrogens is 283 g/mol. The zero-order chi connectivity index (χ0) is 13.8. The van der Waals surface area contributed by atoms with Gasteiger partial charge in [0.25, 0.3) is 0 Å². The lowest BCUT2D eigenvalue weighted by atomic mass is 10.1. The molecule has 1 heterocycles. The largest absolute Gasteiger partial charge is 0.337 e. The van der Waals surface area contributed by atoms with E-state index in [2.05, 4.69) is 12.2 Å². The molecule has 0 spiro atoms. The summed E-state index contributed by atoms with van der Waals surface area (Å²) in [7, 11) is 0. The van der Waals surface area contributed by atoms with Crippen LogP contribution in [0.2, 0.25) is 10.0 Å². The fraction of sp³-hybridized carbons (Fsp3) is 0.500. The van der Waals surface area contributed by atoms with Crippen molar-refractivity contribution < 1.29 is 4.79 Å². The summed E-state index contributed by atoms with van der Waals surface area (Å²) in [6.07, 6.45) is 1.36. The van der Waals surface area contributed by atoms with Gasteiger partial charge in [0.1, 0.15) is 0 Å². The van der Waals surface area contributed by atoms with Crippen LogP contribution in [0.25, 0.3) is 0 Å². The number of nitrogens with zero attached hydrogens (tertiary/aromatic N) is 1. The molecule has 3 nitrogen and oxygen atoms in total. The molecule has 1 aliphatic heterocycles. The van der Waals surface area contributed by atoms with E-state index in [9.17, 15) is 4.79 Å². The van der Waals surface area contributed by atoms with Gasteiger partial charge < -0.3 is 10.2 Å².